The molecule has 0 saturated carbocycles. The van der Waals surface area contributed by atoms with Crippen molar-refractivity contribution in [1.29, 1.82) is 0 Å². The number of hydrogen-bond donors (Lipinski definition) is 0. The average Bonchev–Trinajstić information content (AvgIpc) is 2.70. The van der Waals surface area contributed by atoms with Gasteiger partial charge in [-0.25, -0.2) is 0 Å². The van der Waals surface area contributed by atoms with Gasteiger partial charge in [-0.2, -0.15) is 0 Å². The minimum absolute atomic E-state index is 0.253. The molecule has 0 bridgehead atoms. The number of benzene rings is 1. The van der Waals surface area contributed by atoms with E-state index in [1.807, 2.05) is 9.80 Å². The third-order valence-corrected chi connectivity index (χ3v) is 5.96. The van der Waals surface area contributed by atoms with E-state index < -0.39 is 0 Å². The first-order valence-corrected chi connectivity index (χ1v) is 10.4. The van der Waals surface area contributed by atoms with Gasteiger partial charge in [0.15, 0.2) is 0 Å². The fourth-order valence-electron chi connectivity index (χ4n) is 4.23. The summed E-state index contributed by atoms with van der Waals surface area (Å²) in [5.74, 6) is 0.514. The van der Waals surface area contributed by atoms with E-state index in [4.69, 9.17) is 0 Å². The second-order valence-electron chi connectivity index (χ2n) is 7.95. The van der Waals surface area contributed by atoms with Crippen molar-refractivity contribution in [2.24, 2.45) is 0 Å². The Morgan fingerprint density at radius 2 is 1.85 bits per heavy atom. The molecule has 0 spiro atoms. The minimum atomic E-state index is 0.253. The van der Waals surface area contributed by atoms with Crippen LogP contribution in [-0.4, -0.2) is 65.8 Å². The summed E-state index contributed by atoms with van der Waals surface area (Å²) < 4.78 is 0. The van der Waals surface area contributed by atoms with Crippen molar-refractivity contribution >= 4 is 11.8 Å². The van der Waals surface area contributed by atoms with Gasteiger partial charge in [-0.15, -0.1) is 0 Å². The van der Waals surface area contributed by atoms with Crippen molar-refractivity contribution in [2.45, 2.75) is 57.5 Å². The zero-order valence-electron chi connectivity index (χ0n) is 16.6. The fraction of sp³-hybridized carbons (Fsp3) is 0.636. The van der Waals surface area contributed by atoms with E-state index in [0.717, 1.165) is 64.8 Å². The molecule has 2 amide bonds. The van der Waals surface area contributed by atoms with Gasteiger partial charge in [0, 0.05) is 51.6 Å². The van der Waals surface area contributed by atoms with Crippen LogP contribution in [0.2, 0.25) is 0 Å². The molecule has 5 nitrogen and oxygen atoms in total. The molecule has 0 aliphatic carbocycles. The zero-order chi connectivity index (χ0) is 19.1. The number of piperidine rings is 2. The summed E-state index contributed by atoms with van der Waals surface area (Å²) in [7, 11) is 2.19. The third kappa shape index (κ3) is 5.80. The van der Waals surface area contributed by atoms with Gasteiger partial charge in [-0.3, -0.25) is 14.5 Å². The van der Waals surface area contributed by atoms with Crippen molar-refractivity contribution in [3.63, 3.8) is 0 Å². The molecule has 0 N–H and O–H groups in total. The number of carbonyl (C=O) groups is 2. The summed E-state index contributed by atoms with van der Waals surface area (Å²) in [5.41, 5.74) is 1.34. The van der Waals surface area contributed by atoms with Gasteiger partial charge < -0.3 is 9.80 Å². The van der Waals surface area contributed by atoms with E-state index >= 15 is 0 Å². The number of nitrogens with zero attached hydrogens (tertiary/aromatic N) is 3. The predicted octanol–water partition coefficient (Wildman–Crippen LogP) is 2.90. The molecule has 1 aromatic rings. The number of carbonyl (C=O) groups excluding carboxylic acids is 2. The first kappa shape index (κ1) is 19.9. The van der Waals surface area contributed by atoms with E-state index in [-0.39, 0.29) is 11.8 Å². The van der Waals surface area contributed by atoms with Crippen molar-refractivity contribution in [2.75, 3.05) is 33.2 Å². The Kier molecular flexibility index (Phi) is 7.27. The largest absolute Gasteiger partial charge is 0.343 e. The fourth-order valence-corrected chi connectivity index (χ4v) is 4.23. The van der Waals surface area contributed by atoms with Crippen LogP contribution in [0.3, 0.4) is 0 Å². The molecule has 2 saturated heterocycles. The molecule has 5 heteroatoms. The first-order valence-electron chi connectivity index (χ1n) is 10.4. The average molecular weight is 372 g/mol. The van der Waals surface area contributed by atoms with E-state index in [0.29, 0.717) is 18.9 Å². The zero-order valence-corrected chi connectivity index (χ0v) is 16.6. The molecular weight excluding hydrogens is 338 g/mol. The molecule has 2 heterocycles. The lowest BCUT2D eigenvalue weighted by Crippen LogP contribution is -2.45. The third-order valence-electron chi connectivity index (χ3n) is 5.96. The van der Waals surface area contributed by atoms with Crippen molar-refractivity contribution in [3.05, 3.63) is 35.9 Å². The molecular formula is C22H33N3O2. The molecule has 148 valence electrons. The van der Waals surface area contributed by atoms with Crippen LogP contribution in [0, 0.1) is 0 Å². The van der Waals surface area contributed by atoms with Crippen LogP contribution in [0.15, 0.2) is 30.3 Å². The Hall–Kier alpha value is -1.88. The summed E-state index contributed by atoms with van der Waals surface area (Å²) in [5, 5.41) is 0. The van der Waals surface area contributed by atoms with Crippen LogP contribution in [0.1, 0.15) is 50.5 Å². The molecule has 2 aliphatic rings. The van der Waals surface area contributed by atoms with Crippen LogP contribution in [0.4, 0.5) is 0 Å². The highest BCUT2D eigenvalue weighted by Crippen LogP contribution is 2.19. The highest BCUT2D eigenvalue weighted by molar-refractivity contribution is 5.77. The lowest BCUT2D eigenvalue weighted by molar-refractivity contribution is -0.135. The lowest BCUT2D eigenvalue weighted by atomic mass is 10.0. The van der Waals surface area contributed by atoms with Crippen LogP contribution in [0.25, 0.3) is 0 Å². The molecule has 2 aliphatic heterocycles. The van der Waals surface area contributed by atoms with Gasteiger partial charge in [0.25, 0.3) is 0 Å². The Morgan fingerprint density at radius 1 is 1.11 bits per heavy atom. The normalized spacial score (nSPS) is 19.0. The molecule has 27 heavy (non-hydrogen) atoms. The summed E-state index contributed by atoms with van der Waals surface area (Å²) >= 11 is 0. The summed E-state index contributed by atoms with van der Waals surface area (Å²) in [6, 6.07) is 11.1. The number of likely N-dealkylation sites (tertiary alicyclic amines) is 2. The smallest absolute Gasteiger partial charge is 0.222 e. The Labute approximate surface area is 163 Å². The Balaban J connectivity index is 1.35. The van der Waals surface area contributed by atoms with Crippen LogP contribution >= 0.6 is 0 Å². The second kappa shape index (κ2) is 9.88. The Bertz CT molecular complexity index is 611. The Morgan fingerprint density at radius 3 is 2.56 bits per heavy atom. The van der Waals surface area contributed by atoms with E-state index in [1.54, 1.807) is 0 Å². The van der Waals surface area contributed by atoms with E-state index in [1.165, 1.54) is 5.56 Å². The van der Waals surface area contributed by atoms with Gasteiger partial charge in [0.1, 0.15) is 0 Å². The summed E-state index contributed by atoms with van der Waals surface area (Å²) in [6.07, 6.45) is 6.23. The highest BCUT2D eigenvalue weighted by atomic mass is 16.2. The van der Waals surface area contributed by atoms with E-state index in [9.17, 15) is 9.59 Å². The van der Waals surface area contributed by atoms with Crippen LogP contribution in [0.5, 0.6) is 0 Å². The minimum Gasteiger partial charge on any atom is -0.343 e. The number of hydrogen-bond acceptors (Lipinski definition) is 3. The molecule has 3 rings (SSSR count). The maximum absolute atomic E-state index is 12.5. The highest BCUT2D eigenvalue weighted by Gasteiger charge is 2.25. The van der Waals surface area contributed by atoms with Crippen molar-refractivity contribution in [1.82, 2.24) is 14.7 Å². The van der Waals surface area contributed by atoms with Gasteiger partial charge >= 0.3 is 0 Å². The summed E-state index contributed by atoms with van der Waals surface area (Å²) in [6.45, 7) is 4.27. The van der Waals surface area contributed by atoms with Crippen molar-refractivity contribution < 1.29 is 9.59 Å². The van der Waals surface area contributed by atoms with Crippen LogP contribution in [-0.2, 0) is 16.1 Å². The first-order chi connectivity index (χ1) is 13.1. The number of rotatable bonds is 7. The standard InChI is InChI=1S/C22H33N3O2/c1-23(18-19-8-3-2-4-9-19)20-12-16-25(17-13-20)22(27)11-7-15-24-14-6-5-10-21(24)26/h2-4,8-9,20H,5-7,10-18H2,1H3. The maximum atomic E-state index is 12.5. The molecule has 1 aromatic carbocycles. The monoisotopic (exact) mass is 371 g/mol. The lowest BCUT2D eigenvalue weighted by Gasteiger charge is -2.37. The van der Waals surface area contributed by atoms with Gasteiger partial charge in [0.05, 0.1) is 0 Å². The topological polar surface area (TPSA) is 43.9 Å². The van der Waals surface area contributed by atoms with E-state index in [2.05, 4.69) is 42.3 Å². The second-order valence-corrected chi connectivity index (χ2v) is 7.95. The summed E-state index contributed by atoms with van der Waals surface area (Å²) in [4.78, 5) is 30.7. The molecule has 2 fully saturated rings. The SMILES string of the molecule is CN(Cc1ccccc1)C1CCN(C(=O)CCCN2CCCCC2=O)CC1. The molecule has 0 aromatic heterocycles. The predicted molar refractivity (Wildman–Crippen MR) is 107 cm³/mol. The maximum Gasteiger partial charge on any atom is 0.222 e. The number of amides is 2. The quantitative estimate of drug-likeness (QED) is 0.740. The van der Waals surface area contributed by atoms with Gasteiger partial charge in [-0.1, -0.05) is 30.3 Å². The molecule has 0 atom stereocenters. The molecule has 0 radical (unpaired) electrons. The van der Waals surface area contributed by atoms with Crippen molar-refractivity contribution in [3.8, 4) is 0 Å². The van der Waals surface area contributed by atoms with Crippen LogP contribution < -0.4 is 0 Å². The van der Waals surface area contributed by atoms with Gasteiger partial charge in [0.2, 0.25) is 11.8 Å². The molecule has 0 unspecified atom stereocenters. The van der Waals surface area contributed by atoms with Gasteiger partial charge in [-0.05, 0) is 44.7 Å².